The Morgan fingerprint density at radius 3 is 2.60 bits per heavy atom. The maximum atomic E-state index is 11.7. The molecule has 0 bridgehead atoms. The molecule has 0 fully saturated rings. The van der Waals surface area contributed by atoms with Gasteiger partial charge in [0.05, 0.1) is 0 Å². The van der Waals surface area contributed by atoms with Crippen molar-refractivity contribution < 1.29 is 14.7 Å². The molecule has 2 rings (SSSR count). The zero-order valence-electron chi connectivity index (χ0n) is 10.5. The molecule has 2 aromatic rings. The van der Waals surface area contributed by atoms with Crippen molar-refractivity contribution in [2.45, 2.75) is 6.54 Å². The van der Waals surface area contributed by atoms with Crippen LogP contribution in [-0.2, 0) is 11.3 Å². The fourth-order valence-electron chi connectivity index (χ4n) is 1.57. The van der Waals surface area contributed by atoms with Gasteiger partial charge in [-0.1, -0.05) is 24.3 Å². The van der Waals surface area contributed by atoms with Crippen molar-refractivity contribution in [2.24, 2.45) is 0 Å². The topological polar surface area (TPSA) is 95.1 Å². The first-order valence-electron chi connectivity index (χ1n) is 5.92. The Morgan fingerprint density at radius 2 is 2.00 bits per heavy atom. The van der Waals surface area contributed by atoms with Crippen LogP contribution in [0, 0.1) is 0 Å². The minimum atomic E-state index is -0.985. The fraction of sp³-hybridized carbons (Fsp3) is 0.0714. The molecule has 1 amide bonds. The van der Waals surface area contributed by atoms with E-state index in [-0.39, 0.29) is 5.91 Å². The predicted octanol–water partition coefficient (Wildman–Crippen LogP) is 1.44. The van der Waals surface area contributed by atoms with Crippen LogP contribution in [-0.4, -0.2) is 27.2 Å². The van der Waals surface area contributed by atoms with Gasteiger partial charge in [-0.2, -0.15) is 5.10 Å². The van der Waals surface area contributed by atoms with Crippen LogP contribution in [0.2, 0.25) is 0 Å². The van der Waals surface area contributed by atoms with E-state index in [2.05, 4.69) is 15.5 Å². The summed E-state index contributed by atoms with van der Waals surface area (Å²) in [7, 11) is 0. The summed E-state index contributed by atoms with van der Waals surface area (Å²) >= 11 is 0. The van der Waals surface area contributed by atoms with Gasteiger partial charge in [-0.15, -0.1) is 0 Å². The second kappa shape index (κ2) is 6.33. The first kappa shape index (κ1) is 13.5. The Balaban J connectivity index is 1.91. The lowest BCUT2D eigenvalue weighted by molar-refractivity contribution is -0.131. The third-order valence-electron chi connectivity index (χ3n) is 2.60. The van der Waals surface area contributed by atoms with Crippen LogP contribution in [0.25, 0.3) is 6.08 Å². The van der Waals surface area contributed by atoms with Crippen LogP contribution in [0.1, 0.15) is 21.6 Å². The van der Waals surface area contributed by atoms with E-state index >= 15 is 0 Å². The summed E-state index contributed by atoms with van der Waals surface area (Å²) in [5, 5.41) is 17.6. The van der Waals surface area contributed by atoms with Crippen molar-refractivity contribution in [2.75, 3.05) is 0 Å². The summed E-state index contributed by atoms with van der Waals surface area (Å²) in [5.41, 5.74) is 2.12. The second-order valence-corrected chi connectivity index (χ2v) is 4.07. The highest BCUT2D eigenvalue weighted by Crippen LogP contribution is 2.06. The summed E-state index contributed by atoms with van der Waals surface area (Å²) in [5.74, 6) is -1.21. The largest absolute Gasteiger partial charge is 0.478 e. The Kier molecular flexibility index (Phi) is 4.28. The van der Waals surface area contributed by atoms with E-state index in [0.717, 1.165) is 17.2 Å². The van der Waals surface area contributed by atoms with E-state index in [4.69, 9.17) is 5.11 Å². The smallest absolute Gasteiger partial charge is 0.328 e. The SMILES string of the molecule is O=C(O)C=Cc1ccc(CNC(=O)c2ccn[nH]2)cc1. The maximum Gasteiger partial charge on any atom is 0.328 e. The molecule has 0 saturated carbocycles. The van der Waals surface area contributed by atoms with Crippen molar-refractivity contribution in [3.63, 3.8) is 0 Å². The summed E-state index contributed by atoms with van der Waals surface area (Å²) < 4.78 is 0. The highest BCUT2D eigenvalue weighted by Gasteiger charge is 2.05. The molecule has 0 aliphatic heterocycles. The number of aliphatic carboxylic acids is 1. The number of rotatable bonds is 5. The zero-order valence-corrected chi connectivity index (χ0v) is 10.5. The molecule has 6 nitrogen and oxygen atoms in total. The number of aromatic nitrogens is 2. The van der Waals surface area contributed by atoms with E-state index in [1.54, 1.807) is 18.2 Å². The number of hydrogen-bond donors (Lipinski definition) is 3. The second-order valence-electron chi connectivity index (χ2n) is 4.07. The number of carboxylic acids is 1. The lowest BCUT2D eigenvalue weighted by Crippen LogP contribution is -2.23. The molecule has 0 unspecified atom stereocenters. The van der Waals surface area contributed by atoms with Gasteiger partial charge in [-0.05, 0) is 23.3 Å². The van der Waals surface area contributed by atoms with Gasteiger partial charge in [0, 0.05) is 18.8 Å². The van der Waals surface area contributed by atoms with Gasteiger partial charge in [-0.3, -0.25) is 9.89 Å². The molecule has 3 N–H and O–H groups in total. The quantitative estimate of drug-likeness (QED) is 0.717. The summed E-state index contributed by atoms with van der Waals surface area (Å²) in [6.07, 6.45) is 4.10. The predicted molar refractivity (Wildman–Crippen MR) is 72.9 cm³/mol. The molecule has 0 atom stereocenters. The van der Waals surface area contributed by atoms with E-state index in [1.165, 1.54) is 12.3 Å². The Bertz CT molecular complexity index is 616. The third-order valence-corrected chi connectivity index (χ3v) is 2.60. The summed E-state index contributed by atoms with van der Waals surface area (Å²) in [4.78, 5) is 22.1. The van der Waals surface area contributed by atoms with E-state index in [9.17, 15) is 9.59 Å². The van der Waals surface area contributed by atoms with Crippen LogP contribution < -0.4 is 5.32 Å². The van der Waals surface area contributed by atoms with Crippen LogP contribution in [0.4, 0.5) is 0 Å². The number of amides is 1. The minimum Gasteiger partial charge on any atom is -0.478 e. The molecule has 102 valence electrons. The number of carboxylic acid groups (broad SMARTS) is 1. The first-order chi connectivity index (χ1) is 9.65. The van der Waals surface area contributed by atoms with Crippen LogP contribution >= 0.6 is 0 Å². The number of nitrogens with zero attached hydrogens (tertiary/aromatic N) is 1. The van der Waals surface area contributed by atoms with Crippen molar-refractivity contribution >= 4 is 18.0 Å². The Labute approximate surface area is 115 Å². The van der Waals surface area contributed by atoms with Gasteiger partial charge in [0.1, 0.15) is 5.69 Å². The van der Waals surface area contributed by atoms with Crippen LogP contribution in [0.5, 0.6) is 0 Å². The molecule has 1 aromatic carbocycles. The molecular formula is C14H13N3O3. The van der Waals surface area contributed by atoms with Gasteiger partial charge in [0.25, 0.3) is 5.91 Å². The molecule has 0 radical (unpaired) electrons. The van der Waals surface area contributed by atoms with E-state index < -0.39 is 5.97 Å². The van der Waals surface area contributed by atoms with E-state index in [0.29, 0.717) is 12.2 Å². The molecule has 1 aromatic heterocycles. The number of H-pyrrole nitrogens is 1. The van der Waals surface area contributed by atoms with Gasteiger partial charge < -0.3 is 10.4 Å². The Hall–Kier alpha value is -2.89. The average molecular weight is 271 g/mol. The average Bonchev–Trinajstić information content (AvgIpc) is 2.98. The monoisotopic (exact) mass is 271 g/mol. The number of carbonyl (C=O) groups excluding carboxylic acids is 1. The van der Waals surface area contributed by atoms with Crippen molar-refractivity contribution in [3.8, 4) is 0 Å². The zero-order chi connectivity index (χ0) is 14.4. The fourth-order valence-corrected chi connectivity index (χ4v) is 1.57. The van der Waals surface area contributed by atoms with Crippen molar-refractivity contribution in [3.05, 3.63) is 59.4 Å². The van der Waals surface area contributed by atoms with Crippen molar-refractivity contribution in [1.82, 2.24) is 15.5 Å². The number of nitrogens with one attached hydrogen (secondary N) is 2. The molecule has 0 saturated heterocycles. The Morgan fingerprint density at radius 1 is 1.25 bits per heavy atom. The van der Waals surface area contributed by atoms with Gasteiger partial charge in [0.2, 0.25) is 0 Å². The van der Waals surface area contributed by atoms with Gasteiger partial charge in [0.15, 0.2) is 0 Å². The first-order valence-corrected chi connectivity index (χ1v) is 5.92. The number of hydrogen-bond acceptors (Lipinski definition) is 3. The van der Waals surface area contributed by atoms with Crippen LogP contribution in [0.3, 0.4) is 0 Å². The molecular weight excluding hydrogens is 258 g/mol. The maximum absolute atomic E-state index is 11.7. The normalized spacial score (nSPS) is 10.6. The number of aromatic amines is 1. The molecule has 20 heavy (non-hydrogen) atoms. The molecule has 0 aliphatic carbocycles. The highest BCUT2D eigenvalue weighted by molar-refractivity contribution is 5.92. The molecule has 6 heteroatoms. The molecule has 0 spiro atoms. The summed E-state index contributed by atoms with van der Waals surface area (Å²) in [6.45, 7) is 0.390. The van der Waals surface area contributed by atoms with Gasteiger partial charge in [-0.25, -0.2) is 4.79 Å². The molecule has 0 aliphatic rings. The van der Waals surface area contributed by atoms with Crippen molar-refractivity contribution in [1.29, 1.82) is 0 Å². The lowest BCUT2D eigenvalue weighted by atomic mass is 10.1. The molecule has 1 heterocycles. The van der Waals surface area contributed by atoms with Gasteiger partial charge >= 0.3 is 5.97 Å². The number of benzene rings is 1. The standard InChI is InChI=1S/C14H13N3O3/c18-13(19)6-5-10-1-3-11(4-2-10)9-15-14(20)12-7-8-16-17-12/h1-8H,9H2,(H,15,20)(H,16,17)(H,18,19). The highest BCUT2D eigenvalue weighted by atomic mass is 16.4. The third kappa shape index (κ3) is 3.81. The van der Waals surface area contributed by atoms with E-state index in [1.807, 2.05) is 12.1 Å². The minimum absolute atomic E-state index is 0.225. The summed E-state index contributed by atoms with van der Waals surface area (Å²) in [6, 6.07) is 8.83. The number of carbonyl (C=O) groups is 2. The van der Waals surface area contributed by atoms with Crippen LogP contribution in [0.15, 0.2) is 42.6 Å². The lowest BCUT2D eigenvalue weighted by Gasteiger charge is -2.04.